The molecule has 0 bridgehead atoms. The van der Waals surface area contributed by atoms with Gasteiger partial charge in [-0.15, -0.1) is 0 Å². The van der Waals surface area contributed by atoms with Gasteiger partial charge >= 0.3 is 6.18 Å². The van der Waals surface area contributed by atoms with Crippen LogP contribution >= 0.6 is 11.6 Å². The van der Waals surface area contributed by atoms with E-state index < -0.39 is 11.7 Å². The van der Waals surface area contributed by atoms with Crippen LogP contribution in [-0.4, -0.2) is 12.5 Å². The first-order valence-electron chi connectivity index (χ1n) is 3.94. The number of benzene rings is 1. The maximum absolute atomic E-state index is 12.5. The predicted molar refractivity (Wildman–Crippen MR) is 51.5 cm³/mol. The molecule has 0 aliphatic carbocycles. The number of allylic oxidation sites excluding steroid dienone is 2. The van der Waals surface area contributed by atoms with Gasteiger partial charge in [-0.05, 0) is 23.8 Å². The van der Waals surface area contributed by atoms with Crippen LogP contribution in [0.15, 0.2) is 30.3 Å². The normalized spacial score (nSPS) is 12.7. The summed E-state index contributed by atoms with van der Waals surface area (Å²) in [6.45, 7) is 0. The van der Waals surface area contributed by atoms with Crippen molar-refractivity contribution in [3.63, 3.8) is 0 Å². The van der Waals surface area contributed by atoms with Crippen molar-refractivity contribution in [2.45, 2.75) is 6.18 Å². The highest BCUT2D eigenvalue weighted by Gasteiger charge is 2.34. The lowest BCUT2D eigenvalue weighted by atomic mass is 10.1. The Morgan fingerprint density at radius 1 is 1.33 bits per heavy atom. The van der Waals surface area contributed by atoms with Crippen LogP contribution in [0.4, 0.5) is 13.2 Å². The summed E-state index contributed by atoms with van der Waals surface area (Å²) < 4.78 is 37.4. The van der Waals surface area contributed by atoms with E-state index in [-0.39, 0.29) is 16.9 Å². The largest absolute Gasteiger partial charge is 0.417 e. The third kappa shape index (κ3) is 3.09. The Labute approximate surface area is 89.2 Å². The SMILES string of the molecule is O=C/C=C(\c1cccc(Cl)c1)C(F)(F)F. The molecule has 0 spiro atoms. The fourth-order valence-corrected chi connectivity index (χ4v) is 1.27. The number of hydrogen-bond acceptors (Lipinski definition) is 1. The molecule has 0 aliphatic heterocycles. The number of hydrogen-bond donors (Lipinski definition) is 0. The van der Waals surface area contributed by atoms with Crippen molar-refractivity contribution in [1.82, 2.24) is 0 Å². The van der Waals surface area contributed by atoms with Crippen molar-refractivity contribution in [2.75, 3.05) is 0 Å². The molecule has 0 amide bonds. The zero-order chi connectivity index (χ0) is 11.5. The van der Waals surface area contributed by atoms with E-state index in [2.05, 4.69) is 0 Å². The first-order valence-corrected chi connectivity index (χ1v) is 4.31. The summed E-state index contributed by atoms with van der Waals surface area (Å²) in [5.74, 6) is 0. The Bertz CT molecular complexity index is 396. The summed E-state index contributed by atoms with van der Waals surface area (Å²) in [6.07, 6.45) is -3.99. The third-order valence-electron chi connectivity index (χ3n) is 1.68. The third-order valence-corrected chi connectivity index (χ3v) is 1.91. The van der Waals surface area contributed by atoms with Crippen LogP contribution < -0.4 is 0 Å². The molecule has 0 radical (unpaired) electrons. The van der Waals surface area contributed by atoms with E-state index in [1.54, 1.807) is 0 Å². The Kier molecular flexibility index (Phi) is 3.52. The van der Waals surface area contributed by atoms with Gasteiger partial charge in [-0.2, -0.15) is 13.2 Å². The summed E-state index contributed by atoms with van der Waals surface area (Å²) in [5, 5.41) is 0.188. The highest BCUT2D eigenvalue weighted by Crippen LogP contribution is 2.34. The summed E-state index contributed by atoms with van der Waals surface area (Å²) in [7, 11) is 0. The molecule has 1 nitrogen and oxygen atoms in total. The molecule has 1 rings (SSSR count). The molecule has 1 aromatic rings. The fourth-order valence-electron chi connectivity index (χ4n) is 1.08. The maximum Gasteiger partial charge on any atom is 0.417 e. The Morgan fingerprint density at radius 2 is 2.00 bits per heavy atom. The van der Waals surface area contributed by atoms with Gasteiger partial charge in [-0.3, -0.25) is 4.79 Å². The summed E-state index contributed by atoms with van der Waals surface area (Å²) in [6, 6.07) is 5.25. The summed E-state index contributed by atoms with van der Waals surface area (Å²) in [5.41, 5.74) is -1.12. The maximum atomic E-state index is 12.5. The van der Waals surface area contributed by atoms with E-state index in [0.717, 1.165) is 6.07 Å². The van der Waals surface area contributed by atoms with Gasteiger partial charge in [0.15, 0.2) is 0 Å². The molecule has 0 unspecified atom stereocenters. The van der Waals surface area contributed by atoms with Gasteiger partial charge in [0.25, 0.3) is 0 Å². The topological polar surface area (TPSA) is 17.1 Å². The second kappa shape index (κ2) is 4.49. The van der Waals surface area contributed by atoms with Crippen LogP contribution in [0.3, 0.4) is 0 Å². The number of alkyl halides is 3. The second-order valence-electron chi connectivity index (χ2n) is 2.72. The minimum absolute atomic E-state index is 0.101. The number of rotatable bonds is 2. The van der Waals surface area contributed by atoms with E-state index in [1.165, 1.54) is 18.2 Å². The molecule has 0 N–H and O–H groups in total. The molecule has 0 saturated heterocycles. The van der Waals surface area contributed by atoms with Crippen molar-refractivity contribution in [1.29, 1.82) is 0 Å². The standard InChI is InChI=1S/C10H6ClF3O/c11-8-3-1-2-7(6-8)9(4-5-15)10(12,13)14/h1-6H/b9-4+. The van der Waals surface area contributed by atoms with Crippen LogP contribution in [0.1, 0.15) is 5.56 Å². The van der Waals surface area contributed by atoms with Crippen LogP contribution in [0.5, 0.6) is 0 Å². The van der Waals surface area contributed by atoms with Gasteiger partial charge in [-0.1, -0.05) is 23.7 Å². The average molecular weight is 235 g/mol. The molecule has 0 atom stereocenters. The van der Waals surface area contributed by atoms with E-state index >= 15 is 0 Å². The zero-order valence-electron chi connectivity index (χ0n) is 7.38. The van der Waals surface area contributed by atoms with Crippen molar-refractivity contribution < 1.29 is 18.0 Å². The number of aldehydes is 1. The van der Waals surface area contributed by atoms with E-state index in [4.69, 9.17) is 11.6 Å². The molecule has 0 saturated carbocycles. The fraction of sp³-hybridized carbons (Fsp3) is 0.100. The molecule has 0 aliphatic rings. The minimum Gasteiger partial charge on any atom is -0.299 e. The Balaban J connectivity index is 3.23. The average Bonchev–Trinajstić information content (AvgIpc) is 2.12. The quantitative estimate of drug-likeness (QED) is 0.566. The lowest BCUT2D eigenvalue weighted by Crippen LogP contribution is -2.10. The van der Waals surface area contributed by atoms with Crippen LogP contribution in [0, 0.1) is 0 Å². The van der Waals surface area contributed by atoms with Crippen molar-refractivity contribution in [3.8, 4) is 0 Å². The molecule has 1 aromatic carbocycles. The van der Waals surface area contributed by atoms with Gasteiger partial charge < -0.3 is 0 Å². The first kappa shape index (κ1) is 11.8. The number of halogens is 4. The molecular formula is C10H6ClF3O. The van der Waals surface area contributed by atoms with Crippen LogP contribution in [-0.2, 0) is 4.79 Å². The van der Waals surface area contributed by atoms with Crippen molar-refractivity contribution >= 4 is 23.5 Å². The molecule has 0 fully saturated rings. The van der Waals surface area contributed by atoms with Gasteiger partial charge in [-0.25, -0.2) is 0 Å². The minimum atomic E-state index is -4.56. The molecule has 80 valence electrons. The smallest absolute Gasteiger partial charge is 0.299 e. The Morgan fingerprint density at radius 3 is 2.47 bits per heavy atom. The lowest BCUT2D eigenvalue weighted by Gasteiger charge is -2.10. The molecule has 15 heavy (non-hydrogen) atoms. The van der Waals surface area contributed by atoms with Crippen molar-refractivity contribution in [3.05, 3.63) is 40.9 Å². The van der Waals surface area contributed by atoms with E-state index in [0.29, 0.717) is 6.08 Å². The molecule has 0 aromatic heterocycles. The lowest BCUT2D eigenvalue weighted by molar-refractivity contribution is -0.104. The zero-order valence-corrected chi connectivity index (χ0v) is 8.14. The van der Waals surface area contributed by atoms with Crippen LogP contribution in [0.25, 0.3) is 5.57 Å². The van der Waals surface area contributed by atoms with Gasteiger partial charge in [0.1, 0.15) is 6.29 Å². The molecular weight excluding hydrogens is 229 g/mol. The first-order chi connectivity index (χ1) is 6.95. The second-order valence-corrected chi connectivity index (χ2v) is 3.16. The number of carbonyl (C=O) groups excluding carboxylic acids is 1. The summed E-state index contributed by atoms with van der Waals surface area (Å²) >= 11 is 5.56. The summed E-state index contributed by atoms with van der Waals surface area (Å²) in [4.78, 5) is 10.1. The van der Waals surface area contributed by atoms with E-state index in [9.17, 15) is 18.0 Å². The predicted octanol–water partition coefficient (Wildman–Crippen LogP) is 3.48. The number of carbonyl (C=O) groups is 1. The Hall–Kier alpha value is -1.29. The molecule has 0 heterocycles. The van der Waals surface area contributed by atoms with Gasteiger partial charge in [0.05, 0.1) is 5.57 Å². The highest BCUT2D eigenvalue weighted by atomic mass is 35.5. The van der Waals surface area contributed by atoms with Crippen LogP contribution in [0.2, 0.25) is 5.02 Å². The highest BCUT2D eigenvalue weighted by molar-refractivity contribution is 6.30. The van der Waals surface area contributed by atoms with Crippen molar-refractivity contribution in [2.24, 2.45) is 0 Å². The molecule has 5 heteroatoms. The van der Waals surface area contributed by atoms with Gasteiger partial charge in [0, 0.05) is 5.02 Å². The van der Waals surface area contributed by atoms with Gasteiger partial charge in [0.2, 0.25) is 0 Å². The van der Waals surface area contributed by atoms with E-state index in [1.807, 2.05) is 0 Å². The monoisotopic (exact) mass is 234 g/mol.